The molecule has 24 heavy (non-hydrogen) atoms. The Labute approximate surface area is 143 Å². The molecule has 2 heterocycles. The van der Waals surface area contributed by atoms with Gasteiger partial charge in [-0.3, -0.25) is 14.4 Å². The van der Waals surface area contributed by atoms with E-state index in [9.17, 15) is 4.79 Å². The zero-order valence-corrected chi connectivity index (χ0v) is 14.5. The van der Waals surface area contributed by atoms with Gasteiger partial charge in [0.25, 0.3) is 0 Å². The summed E-state index contributed by atoms with van der Waals surface area (Å²) in [6.07, 6.45) is 3.68. The third-order valence-corrected chi connectivity index (χ3v) is 4.83. The van der Waals surface area contributed by atoms with Crippen molar-refractivity contribution in [2.45, 2.75) is 52.2 Å². The fourth-order valence-corrected chi connectivity index (χ4v) is 3.59. The second-order valence-electron chi connectivity index (χ2n) is 6.79. The number of amides is 1. The highest BCUT2D eigenvalue weighted by Gasteiger charge is 2.23. The van der Waals surface area contributed by atoms with E-state index < -0.39 is 0 Å². The van der Waals surface area contributed by atoms with Crippen molar-refractivity contribution in [1.29, 1.82) is 0 Å². The summed E-state index contributed by atoms with van der Waals surface area (Å²) in [4.78, 5) is 13.9. The number of nitrogens with two attached hydrogens (primary N) is 1. The molecule has 1 atom stereocenters. The van der Waals surface area contributed by atoms with Crippen LogP contribution in [0.3, 0.4) is 0 Å². The number of aromatic nitrogens is 2. The van der Waals surface area contributed by atoms with Gasteiger partial charge in [0.05, 0.1) is 12.2 Å². The van der Waals surface area contributed by atoms with Gasteiger partial charge >= 0.3 is 0 Å². The minimum atomic E-state index is -0.366. The Balaban J connectivity index is 1.73. The Morgan fingerprint density at radius 3 is 2.83 bits per heavy atom. The van der Waals surface area contributed by atoms with Crippen molar-refractivity contribution >= 4 is 5.91 Å². The third-order valence-electron chi connectivity index (χ3n) is 4.83. The number of hydrogen-bond donors (Lipinski definition) is 1. The molecule has 1 aromatic carbocycles. The number of rotatable bonds is 5. The molecule has 1 aromatic heterocycles. The molecule has 0 aliphatic carbocycles. The van der Waals surface area contributed by atoms with E-state index in [1.807, 2.05) is 19.1 Å². The summed E-state index contributed by atoms with van der Waals surface area (Å²) >= 11 is 0. The number of piperidine rings is 1. The van der Waals surface area contributed by atoms with Gasteiger partial charge in [-0.05, 0) is 57.0 Å². The van der Waals surface area contributed by atoms with Crippen LogP contribution in [0.1, 0.15) is 46.6 Å². The van der Waals surface area contributed by atoms with E-state index in [-0.39, 0.29) is 5.91 Å². The number of nitrogens with zero attached hydrogens (tertiary/aromatic N) is 3. The predicted molar refractivity (Wildman–Crippen MR) is 94.7 cm³/mol. The van der Waals surface area contributed by atoms with Crippen molar-refractivity contribution in [2.75, 3.05) is 6.54 Å². The average Bonchev–Trinajstić information content (AvgIpc) is 2.87. The minimum Gasteiger partial charge on any atom is -0.366 e. The molecule has 128 valence electrons. The summed E-state index contributed by atoms with van der Waals surface area (Å²) in [7, 11) is 0. The van der Waals surface area contributed by atoms with Crippen LogP contribution in [0, 0.1) is 13.8 Å². The Hall–Kier alpha value is -2.14. The topological polar surface area (TPSA) is 64.2 Å². The number of aryl methyl sites for hydroxylation is 2. The summed E-state index contributed by atoms with van der Waals surface area (Å²) in [5.74, 6) is -0.366. The normalized spacial score (nSPS) is 18.7. The van der Waals surface area contributed by atoms with Crippen molar-refractivity contribution in [1.82, 2.24) is 14.7 Å². The highest BCUT2D eigenvalue weighted by molar-refractivity contribution is 5.92. The zero-order chi connectivity index (χ0) is 17.1. The number of likely N-dealkylation sites (tertiary alicyclic amines) is 1. The van der Waals surface area contributed by atoms with Gasteiger partial charge in [0.15, 0.2) is 0 Å². The molecule has 5 heteroatoms. The predicted octanol–water partition coefficient (Wildman–Crippen LogP) is 2.65. The van der Waals surface area contributed by atoms with Gasteiger partial charge in [-0.1, -0.05) is 18.6 Å². The number of hydrogen-bond acceptors (Lipinski definition) is 3. The first-order chi connectivity index (χ1) is 11.5. The monoisotopic (exact) mass is 326 g/mol. The maximum absolute atomic E-state index is 11.4. The second kappa shape index (κ2) is 7.18. The Morgan fingerprint density at radius 1 is 1.29 bits per heavy atom. The lowest BCUT2D eigenvalue weighted by Gasteiger charge is -2.36. The quantitative estimate of drug-likeness (QED) is 0.919. The second-order valence-corrected chi connectivity index (χ2v) is 6.79. The first-order valence-electron chi connectivity index (χ1n) is 8.67. The van der Waals surface area contributed by atoms with E-state index in [2.05, 4.69) is 33.7 Å². The van der Waals surface area contributed by atoms with Gasteiger partial charge in [0.1, 0.15) is 0 Å². The molecule has 0 bridgehead atoms. The SMILES string of the molecule is Cc1cc(C)n(C[C@@H]2CCCCN2Cc2cccc(C(N)=O)c2)n1. The zero-order valence-electron chi connectivity index (χ0n) is 14.5. The molecule has 0 unspecified atom stereocenters. The van der Waals surface area contributed by atoms with E-state index >= 15 is 0 Å². The molecule has 1 amide bonds. The summed E-state index contributed by atoms with van der Waals surface area (Å²) in [6, 6.07) is 10.3. The molecule has 1 fully saturated rings. The summed E-state index contributed by atoms with van der Waals surface area (Å²) < 4.78 is 2.12. The van der Waals surface area contributed by atoms with E-state index in [0.717, 1.165) is 30.9 Å². The summed E-state index contributed by atoms with van der Waals surface area (Å²) in [5, 5.41) is 4.61. The molecular formula is C19H26N4O. The van der Waals surface area contributed by atoms with E-state index in [4.69, 9.17) is 5.73 Å². The lowest BCUT2D eigenvalue weighted by Crippen LogP contribution is -2.41. The molecule has 3 rings (SSSR count). The van der Waals surface area contributed by atoms with Crippen LogP contribution in [-0.2, 0) is 13.1 Å². The van der Waals surface area contributed by atoms with Crippen LogP contribution >= 0.6 is 0 Å². The molecule has 5 nitrogen and oxygen atoms in total. The van der Waals surface area contributed by atoms with Crippen LogP contribution in [0.25, 0.3) is 0 Å². The van der Waals surface area contributed by atoms with Gasteiger partial charge in [-0.25, -0.2) is 0 Å². The molecule has 1 aliphatic rings. The van der Waals surface area contributed by atoms with Crippen molar-refractivity contribution in [3.63, 3.8) is 0 Å². The standard InChI is InChI=1S/C19H26N4O/c1-14-10-15(2)23(21-14)13-18-8-3-4-9-22(18)12-16-6-5-7-17(11-16)19(20)24/h5-7,10-11,18H,3-4,8-9,12-13H2,1-2H3,(H2,20,24)/t18-/m0/s1. The average molecular weight is 326 g/mol. The lowest BCUT2D eigenvalue weighted by molar-refractivity contribution is 0.0999. The van der Waals surface area contributed by atoms with Gasteiger partial charge in [-0.2, -0.15) is 5.10 Å². The lowest BCUT2D eigenvalue weighted by atomic mass is 10.0. The molecule has 2 aromatic rings. The highest BCUT2D eigenvalue weighted by Crippen LogP contribution is 2.22. The maximum atomic E-state index is 11.4. The van der Waals surface area contributed by atoms with Crippen molar-refractivity contribution in [2.24, 2.45) is 5.73 Å². The summed E-state index contributed by atoms with van der Waals surface area (Å²) in [5.41, 5.74) is 9.42. The molecule has 2 N–H and O–H groups in total. The van der Waals surface area contributed by atoms with Crippen LogP contribution in [0.15, 0.2) is 30.3 Å². The van der Waals surface area contributed by atoms with E-state index in [1.54, 1.807) is 6.07 Å². The smallest absolute Gasteiger partial charge is 0.248 e. The minimum absolute atomic E-state index is 0.366. The van der Waals surface area contributed by atoms with Crippen molar-refractivity contribution < 1.29 is 4.79 Å². The van der Waals surface area contributed by atoms with Gasteiger partial charge in [-0.15, -0.1) is 0 Å². The number of carbonyl (C=O) groups is 1. The fraction of sp³-hybridized carbons (Fsp3) is 0.474. The first-order valence-corrected chi connectivity index (χ1v) is 8.67. The van der Waals surface area contributed by atoms with Crippen LogP contribution in [0.2, 0.25) is 0 Å². The van der Waals surface area contributed by atoms with E-state index in [0.29, 0.717) is 11.6 Å². The molecular weight excluding hydrogens is 300 g/mol. The van der Waals surface area contributed by atoms with Crippen molar-refractivity contribution in [3.8, 4) is 0 Å². The number of benzene rings is 1. The number of primary amides is 1. The first kappa shape index (κ1) is 16.7. The molecule has 0 radical (unpaired) electrons. The Morgan fingerprint density at radius 2 is 2.12 bits per heavy atom. The molecule has 1 saturated heterocycles. The molecule has 0 spiro atoms. The van der Waals surface area contributed by atoms with Crippen LogP contribution < -0.4 is 5.73 Å². The van der Waals surface area contributed by atoms with Gasteiger partial charge in [0.2, 0.25) is 5.91 Å². The fourth-order valence-electron chi connectivity index (χ4n) is 3.59. The largest absolute Gasteiger partial charge is 0.366 e. The summed E-state index contributed by atoms with van der Waals surface area (Å²) in [6.45, 7) is 7.02. The molecule has 1 aliphatic heterocycles. The van der Waals surface area contributed by atoms with Gasteiger partial charge in [0, 0.05) is 23.8 Å². The van der Waals surface area contributed by atoms with E-state index in [1.165, 1.54) is 25.0 Å². The Kier molecular flexibility index (Phi) is 5.00. The number of carbonyl (C=O) groups excluding carboxylic acids is 1. The van der Waals surface area contributed by atoms with Crippen LogP contribution in [0.4, 0.5) is 0 Å². The van der Waals surface area contributed by atoms with Crippen LogP contribution in [-0.4, -0.2) is 33.2 Å². The third kappa shape index (κ3) is 3.85. The highest BCUT2D eigenvalue weighted by atomic mass is 16.1. The van der Waals surface area contributed by atoms with Gasteiger partial charge < -0.3 is 5.73 Å². The van der Waals surface area contributed by atoms with Crippen LogP contribution in [0.5, 0.6) is 0 Å². The maximum Gasteiger partial charge on any atom is 0.248 e. The van der Waals surface area contributed by atoms with Crippen molar-refractivity contribution in [3.05, 3.63) is 52.8 Å². The molecule has 0 saturated carbocycles. The Bertz CT molecular complexity index is 722.